The molecule has 0 spiro atoms. The molecule has 0 fully saturated rings. The van der Waals surface area contributed by atoms with E-state index in [9.17, 15) is 4.79 Å². The average molecular weight is 198 g/mol. The summed E-state index contributed by atoms with van der Waals surface area (Å²) in [6, 6.07) is 0. The summed E-state index contributed by atoms with van der Waals surface area (Å²) < 4.78 is 4.85. The first kappa shape index (κ1) is 10.7. The summed E-state index contributed by atoms with van der Waals surface area (Å²) in [4.78, 5) is 11.5. The van der Waals surface area contributed by atoms with Crippen LogP contribution in [0.1, 0.15) is 28.7 Å². The highest BCUT2D eigenvalue weighted by molar-refractivity contribution is 5.96. The first-order valence-corrected chi connectivity index (χ1v) is 4.41. The minimum absolute atomic E-state index is 0.225. The van der Waals surface area contributed by atoms with Crippen molar-refractivity contribution >= 4 is 5.91 Å². The van der Waals surface area contributed by atoms with Crippen LogP contribution in [0.25, 0.3) is 0 Å². The molecule has 1 rings (SSSR count). The van der Waals surface area contributed by atoms with Crippen LogP contribution in [0.4, 0.5) is 0 Å². The van der Waals surface area contributed by atoms with Gasteiger partial charge in [0.05, 0.1) is 11.8 Å². The second-order valence-corrected chi connectivity index (χ2v) is 3.26. The Hall–Kier alpha value is -1.36. The molecule has 0 aliphatic carbocycles. The van der Waals surface area contributed by atoms with Gasteiger partial charge in [0.15, 0.2) is 0 Å². The molecule has 14 heavy (non-hydrogen) atoms. The smallest absolute Gasteiger partial charge is 0.256 e. The van der Waals surface area contributed by atoms with E-state index in [0.717, 1.165) is 0 Å². The fraction of sp³-hybridized carbons (Fsp3) is 0.556. The molecule has 1 heterocycles. The zero-order valence-corrected chi connectivity index (χ0v) is 8.50. The molecule has 1 atom stereocenters. The predicted octanol–water partition coefficient (Wildman–Crippen LogP) is 0.402. The third-order valence-corrected chi connectivity index (χ3v) is 1.82. The van der Waals surface area contributed by atoms with Crippen LogP contribution in [0.2, 0.25) is 0 Å². The summed E-state index contributed by atoms with van der Waals surface area (Å²) in [5.74, 6) is 0.229. The van der Waals surface area contributed by atoms with Crippen molar-refractivity contribution in [3.8, 4) is 0 Å². The number of carbonyl (C=O) groups excluding carboxylic acids is 1. The summed E-state index contributed by atoms with van der Waals surface area (Å²) in [6.07, 6.45) is -0.556. The maximum Gasteiger partial charge on any atom is 0.256 e. The van der Waals surface area contributed by atoms with Gasteiger partial charge in [-0.25, -0.2) is 0 Å². The summed E-state index contributed by atoms with van der Waals surface area (Å²) in [5, 5.41) is 15.2. The highest BCUT2D eigenvalue weighted by atomic mass is 16.5. The van der Waals surface area contributed by atoms with Gasteiger partial charge in [0.25, 0.3) is 5.91 Å². The molecule has 5 heteroatoms. The minimum atomic E-state index is -0.556. The lowest BCUT2D eigenvalue weighted by molar-refractivity contribution is 0.0922. The Morgan fingerprint density at radius 2 is 2.29 bits per heavy atom. The van der Waals surface area contributed by atoms with Crippen molar-refractivity contribution in [1.82, 2.24) is 10.5 Å². The Morgan fingerprint density at radius 3 is 2.71 bits per heavy atom. The molecule has 0 bridgehead atoms. The van der Waals surface area contributed by atoms with E-state index < -0.39 is 6.10 Å². The van der Waals surface area contributed by atoms with Crippen molar-refractivity contribution in [3.05, 3.63) is 17.0 Å². The lowest BCUT2D eigenvalue weighted by Crippen LogP contribution is -2.31. The van der Waals surface area contributed by atoms with Crippen LogP contribution in [-0.4, -0.2) is 28.8 Å². The first-order chi connectivity index (χ1) is 6.52. The molecule has 0 aliphatic rings. The summed E-state index contributed by atoms with van der Waals surface area (Å²) in [5.41, 5.74) is 1.01. The fourth-order valence-electron chi connectivity index (χ4n) is 1.14. The van der Waals surface area contributed by atoms with Gasteiger partial charge in [-0.05, 0) is 20.8 Å². The summed E-state index contributed by atoms with van der Waals surface area (Å²) in [7, 11) is 0. The highest BCUT2D eigenvalue weighted by Gasteiger charge is 2.16. The zero-order valence-electron chi connectivity index (χ0n) is 8.50. The number of hydrogen-bond donors (Lipinski definition) is 2. The third-order valence-electron chi connectivity index (χ3n) is 1.82. The van der Waals surface area contributed by atoms with Crippen molar-refractivity contribution in [2.75, 3.05) is 6.54 Å². The highest BCUT2D eigenvalue weighted by Crippen LogP contribution is 2.11. The molecule has 0 radical (unpaired) electrons. The number of hydrogen-bond acceptors (Lipinski definition) is 4. The van der Waals surface area contributed by atoms with E-state index >= 15 is 0 Å². The van der Waals surface area contributed by atoms with Crippen LogP contribution in [0.15, 0.2) is 4.52 Å². The monoisotopic (exact) mass is 198 g/mol. The summed E-state index contributed by atoms with van der Waals surface area (Å²) >= 11 is 0. The number of aliphatic hydroxyl groups excluding tert-OH is 1. The van der Waals surface area contributed by atoms with E-state index in [1.165, 1.54) is 0 Å². The van der Waals surface area contributed by atoms with E-state index in [1.807, 2.05) is 0 Å². The van der Waals surface area contributed by atoms with Crippen LogP contribution in [0, 0.1) is 13.8 Å². The maximum absolute atomic E-state index is 11.5. The standard InChI is InChI=1S/C9H14N2O3/c1-5(12)4-10-9(13)8-6(2)11-14-7(8)3/h5,12H,4H2,1-3H3,(H,10,13)/t5-/m0/s1. The molecule has 2 N–H and O–H groups in total. The lowest BCUT2D eigenvalue weighted by atomic mass is 10.2. The van der Waals surface area contributed by atoms with Gasteiger partial charge < -0.3 is 14.9 Å². The Labute approximate surface area is 82.1 Å². The number of aliphatic hydroxyl groups is 1. The van der Waals surface area contributed by atoms with Gasteiger partial charge >= 0.3 is 0 Å². The number of nitrogens with zero attached hydrogens (tertiary/aromatic N) is 1. The molecule has 78 valence electrons. The molecule has 1 aromatic heterocycles. The molecular weight excluding hydrogens is 184 g/mol. The second kappa shape index (κ2) is 4.23. The zero-order chi connectivity index (χ0) is 10.7. The van der Waals surface area contributed by atoms with Gasteiger partial charge in [-0.1, -0.05) is 5.16 Å². The lowest BCUT2D eigenvalue weighted by Gasteiger charge is -2.05. The summed E-state index contributed by atoms with van der Waals surface area (Å²) in [6.45, 7) is 5.21. The quantitative estimate of drug-likeness (QED) is 0.737. The van der Waals surface area contributed by atoms with Gasteiger partial charge in [0.1, 0.15) is 11.3 Å². The molecule has 0 aromatic carbocycles. The number of nitrogens with one attached hydrogen (secondary N) is 1. The largest absolute Gasteiger partial charge is 0.392 e. The van der Waals surface area contributed by atoms with Crippen LogP contribution < -0.4 is 5.32 Å². The number of carbonyl (C=O) groups is 1. The molecule has 0 saturated carbocycles. The van der Waals surface area contributed by atoms with Crippen molar-refractivity contribution in [2.24, 2.45) is 0 Å². The average Bonchev–Trinajstić information content (AvgIpc) is 2.42. The van der Waals surface area contributed by atoms with Gasteiger partial charge in [-0.2, -0.15) is 0 Å². The van der Waals surface area contributed by atoms with E-state index in [4.69, 9.17) is 9.63 Å². The fourth-order valence-corrected chi connectivity index (χ4v) is 1.14. The van der Waals surface area contributed by atoms with Crippen LogP contribution in [0.3, 0.4) is 0 Å². The number of rotatable bonds is 3. The van der Waals surface area contributed by atoms with Crippen molar-refractivity contribution in [3.63, 3.8) is 0 Å². The van der Waals surface area contributed by atoms with Gasteiger partial charge in [-0.3, -0.25) is 4.79 Å². The molecule has 1 aromatic rings. The topological polar surface area (TPSA) is 75.4 Å². The van der Waals surface area contributed by atoms with Crippen LogP contribution in [0.5, 0.6) is 0 Å². The van der Waals surface area contributed by atoms with Crippen LogP contribution >= 0.6 is 0 Å². The Bertz CT molecular complexity index is 311. The first-order valence-electron chi connectivity index (χ1n) is 4.41. The van der Waals surface area contributed by atoms with Gasteiger partial charge in [0, 0.05) is 6.54 Å². The van der Waals surface area contributed by atoms with Crippen molar-refractivity contribution in [1.29, 1.82) is 0 Å². The van der Waals surface area contributed by atoms with E-state index in [2.05, 4.69) is 10.5 Å². The SMILES string of the molecule is Cc1noc(C)c1C(=O)NC[C@H](C)O. The normalized spacial score (nSPS) is 12.6. The van der Waals surface area contributed by atoms with E-state index in [0.29, 0.717) is 17.0 Å². The molecular formula is C9H14N2O3. The Balaban J connectivity index is 2.70. The Morgan fingerprint density at radius 1 is 1.64 bits per heavy atom. The van der Waals surface area contributed by atoms with Gasteiger partial charge in [0.2, 0.25) is 0 Å². The second-order valence-electron chi connectivity index (χ2n) is 3.26. The number of amides is 1. The maximum atomic E-state index is 11.5. The van der Waals surface area contributed by atoms with Crippen molar-refractivity contribution < 1.29 is 14.4 Å². The number of aromatic nitrogens is 1. The number of aryl methyl sites for hydroxylation is 2. The Kier molecular flexibility index (Phi) is 3.24. The van der Waals surface area contributed by atoms with E-state index in [1.54, 1.807) is 20.8 Å². The third kappa shape index (κ3) is 2.32. The molecule has 0 unspecified atom stereocenters. The van der Waals surface area contributed by atoms with Gasteiger partial charge in [-0.15, -0.1) is 0 Å². The van der Waals surface area contributed by atoms with E-state index in [-0.39, 0.29) is 12.5 Å². The minimum Gasteiger partial charge on any atom is -0.392 e. The molecule has 0 aliphatic heterocycles. The molecule has 1 amide bonds. The van der Waals surface area contributed by atoms with Crippen LogP contribution in [-0.2, 0) is 0 Å². The predicted molar refractivity (Wildman–Crippen MR) is 50.0 cm³/mol. The van der Waals surface area contributed by atoms with Crippen molar-refractivity contribution in [2.45, 2.75) is 26.9 Å². The molecule has 5 nitrogen and oxygen atoms in total. The molecule has 0 saturated heterocycles.